The summed E-state index contributed by atoms with van der Waals surface area (Å²) < 4.78 is 26.8. The minimum absolute atomic E-state index is 0.0629. The molecule has 1 saturated carbocycles. The van der Waals surface area contributed by atoms with E-state index in [4.69, 9.17) is 23.7 Å². The first-order chi connectivity index (χ1) is 12.3. The zero-order chi connectivity index (χ0) is 18.2. The quantitative estimate of drug-likeness (QED) is 0.331. The molecule has 0 spiro atoms. The molecule has 1 aliphatic rings. The zero-order valence-electron chi connectivity index (χ0n) is 16.0. The van der Waals surface area contributed by atoms with Gasteiger partial charge in [-0.15, -0.1) is 0 Å². The summed E-state index contributed by atoms with van der Waals surface area (Å²) in [6.07, 6.45) is 5.48. The third-order valence-corrected chi connectivity index (χ3v) is 4.35. The van der Waals surface area contributed by atoms with E-state index in [0.717, 1.165) is 32.3 Å². The van der Waals surface area contributed by atoms with E-state index in [2.05, 4.69) is 13.8 Å². The Balaban J connectivity index is 1.80. The molecule has 0 heterocycles. The highest BCUT2D eigenvalue weighted by molar-refractivity contribution is 5.72. The average molecular weight is 360 g/mol. The molecule has 0 amide bonds. The van der Waals surface area contributed by atoms with Crippen LogP contribution in [0.5, 0.6) is 0 Å². The SMILES string of the molecule is CCCOCCOCCOCCOCCOC(=O)C1CCCCC1C. The third kappa shape index (κ3) is 11.5. The van der Waals surface area contributed by atoms with Gasteiger partial charge in [-0.1, -0.05) is 26.7 Å². The minimum Gasteiger partial charge on any atom is -0.463 e. The first-order valence-corrected chi connectivity index (χ1v) is 9.73. The summed E-state index contributed by atoms with van der Waals surface area (Å²) in [5.41, 5.74) is 0. The van der Waals surface area contributed by atoms with E-state index in [-0.39, 0.29) is 11.9 Å². The lowest BCUT2D eigenvalue weighted by Crippen LogP contribution is -2.28. The van der Waals surface area contributed by atoms with Gasteiger partial charge < -0.3 is 23.7 Å². The highest BCUT2D eigenvalue weighted by Crippen LogP contribution is 2.30. The van der Waals surface area contributed by atoms with Gasteiger partial charge in [0.1, 0.15) is 6.61 Å². The predicted molar refractivity (Wildman–Crippen MR) is 95.6 cm³/mol. The highest BCUT2D eigenvalue weighted by atomic mass is 16.6. The molecule has 0 aromatic rings. The smallest absolute Gasteiger partial charge is 0.309 e. The molecule has 2 unspecified atom stereocenters. The molecular weight excluding hydrogens is 324 g/mol. The third-order valence-electron chi connectivity index (χ3n) is 4.35. The Hall–Kier alpha value is -0.690. The second-order valence-electron chi connectivity index (χ2n) is 6.49. The fraction of sp³-hybridized carbons (Fsp3) is 0.947. The van der Waals surface area contributed by atoms with Crippen LogP contribution in [0, 0.1) is 11.8 Å². The van der Waals surface area contributed by atoms with Gasteiger partial charge in [-0.05, 0) is 25.2 Å². The Morgan fingerprint density at radius 3 is 1.76 bits per heavy atom. The van der Waals surface area contributed by atoms with E-state index < -0.39 is 0 Å². The summed E-state index contributed by atoms with van der Waals surface area (Å²) in [7, 11) is 0. The predicted octanol–water partition coefficient (Wildman–Crippen LogP) is 2.83. The summed E-state index contributed by atoms with van der Waals surface area (Å²) in [5, 5.41) is 0. The van der Waals surface area contributed by atoms with Crippen molar-refractivity contribution in [3.05, 3.63) is 0 Å². The topological polar surface area (TPSA) is 63.2 Å². The van der Waals surface area contributed by atoms with Gasteiger partial charge in [0.05, 0.1) is 52.2 Å². The largest absolute Gasteiger partial charge is 0.463 e. The van der Waals surface area contributed by atoms with Crippen molar-refractivity contribution in [2.24, 2.45) is 11.8 Å². The van der Waals surface area contributed by atoms with E-state index in [1.807, 2.05) is 0 Å². The molecule has 0 bridgehead atoms. The van der Waals surface area contributed by atoms with Crippen LogP contribution in [-0.2, 0) is 28.5 Å². The highest BCUT2D eigenvalue weighted by Gasteiger charge is 2.28. The maximum absolute atomic E-state index is 12.0. The Morgan fingerprint density at radius 1 is 0.760 bits per heavy atom. The number of hydrogen-bond donors (Lipinski definition) is 0. The van der Waals surface area contributed by atoms with Gasteiger partial charge in [-0.2, -0.15) is 0 Å². The molecule has 1 rings (SSSR count). The first-order valence-electron chi connectivity index (χ1n) is 9.73. The first kappa shape index (κ1) is 22.4. The van der Waals surface area contributed by atoms with E-state index >= 15 is 0 Å². The van der Waals surface area contributed by atoms with Crippen LogP contribution in [0.15, 0.2) is 0 Å². The lowest BCUT2D eigenvalue weighted by Gasteiger charge is -2.26. The zero-order valence-corrected chi connectivity index (χ0v) is 16.0. The minimum atomic E-state index is -0.0629. The lowest BCUT2D eigenvalue weighted by molar-refractivity contribution is -0.153. The molecule has 1 fully saturated rings. The second kappa shape index (κ2) is 15.6. The fourth-order valence-electron chi connectivity index (χ4n) is 2.88. The molecule has 6 heteroatoms. The van der Waals surface area contributed by atoms with Gasteiger partial charge in [0, 0.05) is 6.61 Å². The van der Waals surface area contributed by atoms with Gasteiger partial charge in [-0.25, -0.2) is 0 Å². The lowest BCUT2D eigenvalue weighted by atomic mass is 9.80. The van der Waals surface area contributed by atoms with Gasteiger partial charge in [0.25, 0.3) is 0 Å². The van der Waals surface area contributed by atoms with Crippen molar-refractivity contribution in [3.63, 3.8) is 0 Å². The van der Waals surface area contributed by atoms with Gasteiger partial charge >= 0.3 is 5.97 Å². The van der Waals surface area contributed by atoms with Crippen LogP contribution < -0.4 is 0 Å². The van der Waals surface area contributed by atoms with E-state index in [1.165, 1.54) is 6.42 Å². The number of hydrogen-bond acceptors (Lipinski definition) is 6. The molecule has 0 aromatic carbocycles. The van der Waals surface area contributed by atoms with Crippen molar-refractivity contribution in [1.82, 2.24) is 0 Å². The monoisotopic (exact) mass is 360 g/mol. The Kier molecular flexibility index (Phi) is 13.9. The molecule has 25 heavy (non-hydrogen) atoms. The van der Waals surface area contributed by atoms with Crippen molar-refractivity contribution in [3.8, 4) is 0 Å². The molecule has 2 atom stereocenters. The number of rotatable bonds is 15. The summed E-state index contributed by atoms with van der Waals surface area (Å²) >= 11 is 0. The normalized spacial score (nSPS) is 20.6. The van der Waals surface area contributed by atoms with Crippen LogP contribution in [0.1, 0.15) is 46.0 Å². The Labute approximate surface area is 152 Å². The van der Waals surface area contributed by atoms with Crippen LogP contribution >= 0.6 is 0 Å². The average Bonchev–Trinajstić information content (AvgIpc) is 2.62. The number of ether oxygens (including phenoxy) is 5. The fourth-order valence-corrected chi connectivity index (χ4v) is 2.88. The van der Waals surface area contributed by atoms with Gasteiger partial charge in [-0.3, -0.25) is 4.79 Å². The maximum Gasteiger partial charge on any atom is 0.309 e. The van der Waals surface area contributed by atoms with E-state index in [9.17, 15) is 4.79 Å². The number of esters is 1. The van der Waals surface area contributed by atoms with E-state index in [0.29, 0.717) is 58.8 Å². The summed E-state index contributed by atoms with van der Waals surface area (Å²) in [4.78, 5) is 12.0. The molecule has 0 aromatic heterocycles. The van der Waals surface area contributed by atoms with Crippen molar-refractivity contribution in [1.29, 1.82) is 0 Å². The van der Waals surface area contributed by atoms with Gasteiger partial charge in [0.2, 0.25) is 0 Å². The second-order valence-corrected chi connectivity index (χ2v) is 6.49. The molecule has 0 saturated heterocycles. The summed E-state index contributed by atoms with van der Waals surface area (Å²) in [6.45, 7) is 9.11. The van der Waals surface area contributed by atoms with Crippen LogP contribution in [0.3, 0.4) is 0 Å². The molecule has 0 radical (unpaired) electrons. The molecule has 0 N–H and O–H groups in total. The van der Waals surface area contributed by atoms with Crippen molar-refractivity contribution < 1.29 is 28.5 Å². The standard InChI is InChI=1S/C19H36O6/c1-3-8-21-9-10-22-11-12-23-13-14-24-15-16-25-19(20)18-7-5-4-6-17(18)2/h17-18H,3-16H2,1-2H3. The van der Waals surface area contributed by atoms with Crippen LogP contribution in [0.2, 0.25) is 0 Å². The van der Waals surface area contributed by atoms with Crippen LogP contribution in [-0.4, -0.2) is 65.4 Å². The van der Waals surface area contributed by atoms with Crippen LogP contribution in [0.4, 0.5) is 0 Å². The molecule has 1 aliphatic carbocycles. The molecule has 6 nitrogen and oxygen atoms in total. The molecule has 148 valence electrons. The number of carbonyl (C=O) groups is 1. The summed E-state index contributed by atoms with van der Waals surface area (Å²) in [6, 6.07) is 0. The van der Waals surface area contributed by atoms with Crippen molar-refractivity contribution in [2.45, 2.75) is 46.0 Å². The van der Waals surface area contributed by atoms with Crippen LogP contribution in [0.25, 0.3) is 0 Å². The van der Waals surface area contributed by atoms with Gasteiger partial charge in [0.15, 0.2) is 0 Å². The number of carbonyl (C=O) groups excluding carboxylic acids is 1. The van der Waals surface area contributed by atoms with E-state index in [1.54, 1.807) is 0 Å². The Bertz CT molecular complexity index is 323. The van der Waals surface area contributed by atoms with Crippen molar-refractivity contribution >= 4 is 5.97 Å². The Morgan fingerprint density at radius 2 is 1.24 bits per heavy atom. The van der Waals surface area contributed by atoms with Crippen molar-refractivity contribution in [2.75, 3.05) is 59.5 Å². The summed E-state index contributed by atoms with van der Waals surface area (Å²) in [5.74, 6) is 0.451. The molecule has 0 aliphatic heterocycles. The molecular formula is C19H36O6. The maximum atomic E-state index is 12.0.